The fourth-order valence-corrected chi connectivity index (χ4v) is 6.95. The van der Waals surface area contributed by atoms with Crippen molar-refractivity contribution in [1.29, 1.82) is 5.26 Å². The van der Waals surface area contributed by atoms with Crippen LogP contribution in [0.3, 0.4) is 0 Å². The molecule has 0 radical (unpaired) electrons. The molecule has 0 bridgehead atoms. The van der Waals surface area contributed by atoms with E-state index in [9.17, 15) is 28.3 Å². The molecule has 2 aliphatic heterocycles. The molecule has 49 heavy (non-hydrogen) atoms. The molecule has 1 aromatic carbocycles. The summed E-state index contributed by atoms with van der Waals surface area (Å²) in [6.07, 6.45) is -0.543. The molecule has 1 N–H and O–H groups in total. The quantitative estimate of drug-likeness (QED) is 0.315. The number of esters is 1. The van der Waals surface area contributed by atoms with Crippen LogP contribution in [0.4, 0.5) is 13.2 Å². The topological polar surface area (TPSA) is 102 Å². The van der Waals surface area contributed by atoms with E-state index < -0.39 is 47.2 Å². The number of carbonyl (C=O) groups excluding carboxylic acids is 1. The van der Waals surface area contributed by atoms with Crippen LogP contribution in [-0.2, 0) is 30.8 Å². The van der Waals surface area contributed by atoms with E-state index in [1.807, 2.05) is 25.6 Å². The van der Waals surface area contributed by atoms with Gasteiger partial charge in [0.15, 0.2) is 0 Å². The normalized spacial score (nSPS) is 23.0. The second-order valence-corrected chi connectivity index (χ2v) is 16.5. The van der Waals surface area contributed by atoms with Crippen molar-refractivity contribution in [2.45, 2.75) is 135 Å². The molecule has 2 aliphatic carbocycles. The minimum atomic E-state index is -4.67. The van der Waals surface area contributed by atoms with Crippen LogP contribution in [0.15, 0.2) is 18.2 Å². The third-order valence-corrected chi connectivity index (χ3v) is 10.8. The lowest BCUT2D eigenvalue weighted by molar-refractivity contribution is -0.153. The number of pyridine rings is 1. The number of halogens is 3. The number of nitrogens with zero attached hydrogens (tertiary/aromatic N) is 2. The zero-order chi connectivity index (χ0) is 36.5. The van der Waals surface area contributed by atoms with Crippen LogP contribution in [-0.4, -0.2) is 40.3 Å². The number of rotatable bonds is 3. The van der Waals surface area contributed by atoms with Crippen LogP contribution < -0.4 is 0 Å². The highest BCUT2D eigenvalue weighted by Gasteiger charge is 2.60. The smallest absolute Gasteiger partial charge is 0.417 e. The van der Waals surface area contributed by atoms with Gasteiger partial charge in [0.25, 0.3) is 0 Å². The number of alkyl halides is 3. The molecule has 1 saturated carbocycles. The monoisotopic (exact) mass is 704 g/mol. The highest BCUT2D eigenvalue weighted by Crippen LogP contribution is 2.67. The summed E-state index contributed by atoms with van der Waals surface area (Å²) in [7, 11) is 0. The molecule has 1 saturated heterocycles. The lowest BCUT2D eigenvalue weighted by atomic mass is 9.72. The molecule has 0 amide bonds. The van der Waals surface area contributed by atoms with E-state index >= 15 is 0 Å². The Morgan fingerprint density at radius 1 is 1.14 bits per heavy atom. The van der Waals surface area contributed by atoms with Gasteiger partial charge in [-0.1, -0.05) is 61.0 Å². The molecule has 7 nitrogen and oxygen atoms in total. The number of hydrogen-bond acceptors (Lipinski definition) is 8. The molecule has 2 spiro atoms. The first kappa shape index (κ1) is 39.1. The van der Waals surface area contributed by atoms with Crippen molar-refractivity contribution in [1.82, 2.24) is 4.98 Å². The Kier molecular flexibility index (Phi) is 11.9. The third-order valence-electron chi connectivity index (χ3n) is 9.54. The number of aliphatic hydroxyl groups excluding tert-OH is 1. The van der Waals surface area contributed by atoms with Crippen LogP contribution >= 0.6 is 11.8 Å². The van der Waals surface area contributed by atoms with Gasteiger partial charge in [-0.25, -0.2) is 0 Å². The maximum absolute atomic E-state index is 13.6. The van der Waals surface area contributed by atoms with Crippen molar-refractivity contribution < 1.29 is 37.3 Å². The lowest BCUT2D eigenvalue weighted by Crippen LogP contribution is -2.37. The number of benzene rings is 1. The molecule has 1 aromatic heterocycles. The summed E-state index contributed by atoms with van der Waals surface area (Å²) in [6, 6.07) is 5.23. The number of fused-ring (bicyclic) bond motifs is 4. The van der Waals surface area contributed by atoms with E-state index in [2.05, 4.69) is 40.9 Å². The lowest BCUT2D eigenvalue weighted by Gasteiger charge is -2.40. The first-order valence-electron chi connectivity index (χ1n) is 17.2. The predicted octanol–water partition coefficient (Wildman–Crippen LogP) is 9.61. The average Bonchev–Trinajstić information content (AvgIpc) is 3.73. The summed E-state index contributed by atoms with van der Waals surface area (Å²) in [5, 5.41) is 21.2. The molecule has 11 heteroatoms. The van der Waals surface area contributed by atoms with Crippen molar-refractivity contribution in [3.8, 4) is 6.07 Å². The van der Waals surface area contributed by atoms with E-state index in [4.69, 9.17) is 19.2 Å². The molecule has 3 atom stereocenters. The molecule has 2 aromatic rings. The largest absolute Gasteiger partial charge is 0.455 e. The van der Waals surface area contributed by atoms with Crippen LogP contribution in [0.1, 0.15) is 163 Å². The zero-order valence-electron chi connectivity index (χ0n) is 30.2. The van der Waals surface area contributed by atoms with Gasteiger partial charge in [0, 0.05) is 60.0 Å². The average molecular weight is 705 g/mol. The van der Waals surface area contributed by atoms with Gasteiger partial charge in [0.1, 0.15) is 12.2 Å². The van der Waals surface area contributed by atoms with Crippen molar-refractivity contribution in [2.75, 3.05) is 19.5 Å². The van der Waals surface area contributed by atoms with Crippen LogP contribution in [0.2, 0.25) is 0 Å². The summed E-state index contributed by atoms with van der Waals surface area (Å²) >= 11 is 1.88. The van der Waals surface area contributed by atoms with E-state index in [0.717, 1.165) is 24.5 Å². The Bertz CT molecular complexity index is 1550. The van der Waals surface area contributed by atoms with Crippen molar-refractivity contribution >= 4 is 17.7 Å². The van der Waals surface area contributed by atoms with Gasteiger partial charge >= 0.3 is 12.1 Å². The Balaban J connectivity index is 0.000000537. The summed E-state index contributed by atoms with van der Waals surface area (Å²) in [4.78, 5) is 17.3. The second-order valence-electron chi connectivity index (χ2n) is 14.9. The van der Waals surface area contributed by atoms with Gasteiger partial charge in [-0.15, -0.1) is 0 Å². The highest BCUT2D eigenvalue weighted by atomic mass is 32.2. The van der Waals surface area contributed by atoms with E-state index in [0.29, 0.717) is 65.3 Å². The number of aromatic nitrogens is 1. The zero-order valence-corrected chi connectivity index (χ0v) is 31.0. The van der Waals surface area contributed by atoms with Gasteiger partial charge < -0.3 is 19.3 Å². The third kappa shape index (κ3) is 8.14. The van der Waals surface area contributed by atoms with Crippen LogP contribution in [0.25, 0.3) is 0 Å². The van der Waals surface area contributed by atoms with Gasteiger partial charge in [-0.05, 0) is 54.7 Å². The minimum absolute atomic E-state index is 0.114. The highest BCUT2D eigenvalue weighted by molar-refractivity contribution is 7.99. The maximum atomic E-state index is 13.6. The fraction of sp³-hybridized carbons (Fsp3) is 0.658. The Morgan fingerprint density at radius 3 is 2.20 bits per heavy atom. The second kappa shape index (κ2) is 14.9. The summed E-state index contributed by atoms with van der Waals surface area (Å²) in [5.41, 5.74) is 1.03. The van der Waals surface area contributed by atoms with Crippen molar-refractivity contribution in [3.63, 3.8) is 0 Å². The van der Waals surface area contributed by atoms with Crippen molar-refractivity contribution in [3.05, 3.63) is 63.0 Å². The van der Waals surface area contributed by atoms with Crippen LogP contribution in [0, 0.1) is 16.7 Å². The standard InChI is InChI=1S/C30H31F3N2O5.C5H12S.C3H8/c1-15(2)24-22-23(21-20(37)13-28(6-7-28)27(25(21)35-24)39-16(3)36)29(8-10-38-11-9-29)40-26(22)17-4-5-19(30(31,32)33)18(12-17)14-34;1-5(2,3)6-4;1-3-2/h4-5,12,15,20,26-27,37H,6-11,13H2,1-3H3;1-4H3;3H2,1-2H3/t20-,26+,27?;;/m0../s1. The van der Waals surface area contributed by atoms with Crippen molar-refractivity contribution in [2.24, 2.45) is 5.41 Å². The fourth-order valence-electron chi connectivity index (χ4n) is 6.95. The summed E-state index contributed by atoms with van der Waals surface area (Å²) < 4.78 is 59.6. The first-order chi connectivity index (χ1) is 22.9. The number of hydrogen-bond donors (Lipinski definition) is 1. The van der Waals surface area contributed by atoms with Gasteiger partial charge in [-0.3, -0.25) is 9.78 Å². The Labute approximate surface area is 293 Å². The first-order valence-corrected chi connectivity index (χ1v) is 18.5. The number of thioether (sulfide) groups is 1. The molecule has 6 rings (SSSR count). The number of nitriles is 1. The van der Waals surface area contributed by atoms with Gasteiger partial charge in [0.05, 0.1) is 34.6 Å². The van der Waals surface area contributed by atoms with E-state index in [1.165, 1.54) is 25.5 Å². The summed E-state index contributed by atoms with van der Waals surface area (Å²) in [6.45, 7) is 17.0. The molecule has 1 unspecified atom stereocenters. The van der Waals surface area contributed by atoms with Crippen LogP contribution in [0.5, 0.6) is 0 Å². The van der Waals surface area contributed by atoms with Gasteiger partial charge in [-0.2, -0.15) is 30.2 Å². The van der Waals surface area contributed by atoms with E-state index in [1.54, 1.807) is 6.07 Å². The molecule has 270 valence electrons. The number of carbonyl (C=O) groups is 1. The number of aliphatic hydroxyl groups is 1. The minimum Gasteiger partial charge on any atom is -0.455 e. The molecular formula is C38H51F3N2O5S. The molecule has 4 aliphatic rings. The SMILES string of the molecule is CC(=O)OC1c2nc(C(C)C)c3c(c2[C@@H](O)CC12CC2)C1(CCOCC1)O[C@@H]3c1ccc(C(F)(F)F)c(C#N)c1.CCC.CSC(C)(C)C. The maximum Gasteiger partial charge on any atom is 0.417 e. The Hall–Kier alpha value is -2.65. The Morgan fingerprint density at radius 2 is 1.73 bits per heavy atom. The molecule has 3 heterocycles. The molecular weight excluding hydrogens is 653 g/mol. The van der Waals surface area contributed by atoms with Gasteiger partial charge in [0.2, 0.25) is 0 Å². The molecule has 2 fully saturated rings. The predicted molar refractivity (Wildman–Crippen MR) is 184 cm³/mol. The summed E-state index contributed by atoms with van der Waals surface area (Å²) in [5.74, 6) is -0.534. The number of ether oxygens (including phenoxy) is 3. The van der Waals surface area contributed by atoms with E-state index in [-0.39, 0.29) is 11.3 Å².